The standard InChI is InChI=1S/C17H21BrN4O3S/c1-21(16(24)13-5-6-14(18)25-13)10-15(23)20-17-19-12(11-26-17)9-22-7-3-2-4-8-22/h5-6,11H,2-4,7-10H2,1H3,(H,19,20,23). The van der Waals surface area contributed by atoms with Crippen molar-refractivity contribution in [2.75, 3.05) is 32.0 Å². The van der Waals surface area contributed by atoms with Crippen LogP contribution in [0.1, 0.15) is 35.5 Å². The molecule has 3 heterocycles. The van der Waals surface area contributed by atoms with Gasteiger partial charge in [0.15, 0.2) is 15.6 Å². The second-order valence-electron chi connectivity index (χ2n) is 6.29. The number of rotatable bonds is 6. The first kappa shape index (κ1) is 19.1. The molecule has 7 nitrogen and oxygen atoms in total. The first-order chi connectivity index (χ1) is 12.5. The summed E-state index contributed by atoms with van der Waals surface area (Å²) < 4.78 is 5.70. The number of furan rings is 1. The average Bonchev–Trinajstić information content (AvgIpc) is 3.24. The maximum atomic E-state index is 12.2. The summed E-state index contributed by atoms with van der Waals surface area (Å²) in [4.78, 5) is 32.5. The third-order valence-electron chi connectivity index (χ3n) is 4.14. The molecule has 2 aromatic heterocycles. The van der Waals surface area contributed by atoms with Crippen LogP contribution in [0.4, 0.5) is 5.13 Å². The summed E-state index contributed by atoms with van der Waals surface area (Å²) in [5.41, 5.74) is 0.970. The van der Waals surface area contributed by atoms with Crippen molar-refractivity contribution in [1.82, 2.24) is 14.8 Å². The molecule has 1 aliphatic heterocycles. The molecule has 0 atom stereocenters. The van der Waals surface area contributed by atoms with E-state index in [4.69, 9.17) is 4.42 Å². The van der Waals surface area contributed by atoms with Crippen molar-refractivity contribution in [2.24, 2.45) is 0 Å². The van der Waals surface area contributed by atoms with Crippen molar-refractivity contribution in [1.29, 1.82) is 0 Å². The van der Waals surface area contributed by atoms with Crippen LogP contribution in [0.5, 0.6) is 0 Å². The van der Waals surface area contributed by atoms with Crippen molar-refractivity contribution in [3.8, 4) is 0 Å². The van der Waals surface area contributed by atoms with Crippen LogP contribution in [0, 0.1) is 0 Å². The van der Waals surface area contributed by atoms with E-state index in [1.807, 2.05) is 5.38 Å². The van der Waals surface area contributed by atoms with E-state index in [-0.39, 0.29) is 24.1 Å². The average molecular weight is 441 g/mol. The summed E-state index contributed by atoms with van der Waals surface area (Å²) in [6.45, 7) is 2.96. The molecule has 0 aliphatic carbocycles. The number of carbonyl (C=O) groups excluding carboxylic acids is 2. The number of likely N-dealkylation sites (N-methyl/N-ethyl adjacent to an activating group) is 1. The highest BCUT2D eigenvalue weighted by atomic mass is 79.9. The van der Waals surface area contributed by atoms with Crippen molar-refractivity contribution in [3.63, 3.8) is 0 Å². The van der Waals surface area contributed by atoms with E-state index in [9.17, 15) is 9.59 Å². The van der Waals surface area contributed by atoms with Gasteiger partial charge in [-0.15, -0.1) is 11.3 Å². The maximum absolute atomic E-state index is 12.2. The minimum Gasteiger partial charge on any atom is -0.444 e. The van der Waals surface area contributed by atoms with Gasteiger partial charge in [0, 0.05) is 19.0 Å². The van der Waals surface area contributed by atoms with Gasteiger partial charge in [-0.1, -0.05) is 6.42 Å². The smallest absolute Gasteiger partial charge is 0.289 e. The Balaban J connectivity index is 1.49. The molecule has 0 unspecified atom stereocenters. The number of nitrogens with one attached hydrogen (secondary N) is 1. The van der Waals surface area contributed by atoms with E-state index in [2.05, 4.69) is 31.1 Å². The number of thiazole rings is 1. The Bertz CT molecular complexity index is 770. The van der Waals surface area contributed by atoms with Crippen LogP contribution in [-0.4, -0.2) is 53.3 Å². The van der Waals surface area contributed by atoms with Gasteiger partial charge in [0.25, 0.3) is 5.91 Å². The lowest BCUT2D eigenvalue weighted by Gasteiger charge is -2.25. The first-order valence-electron chi connectivity index (χ1n) is 8.48. The number of hydrogen-bond acceptors (Lipinski definition) is 6. The van der Waals surface area contributed by atoms with E-state index in [1.165, 1.54) is 35.5 Å². The summed E-state index contributed by atoms with van der Waals surface area (Å²) >= 11 is 4.56. The van der Waals surface area contributed by atoms with Gasteiger partial charge in [0.2, 0.25) is 5.91 Å². The molecule has 1 N–H and O–H groups in total. The van der Waals surface area contributed by atoms with Crippen LogP contribution in [0.2, 0.25) is 0 Å². The number of anilines is 1. The highest BCUT2D eigenvalue weighted by molar-refractivity contribution is 9.10. The Hall–Kier alpha value is -1.71. The Kier molecular flexibility index (Phi) is 6.44. The highest BCUT2D eigenvalue weighted by Crippen LogP contribution is 2.19. The Morgan fingerprint density at radius 3 is 2.81 bits per heavy atom. The maximum Gasteiger partial charge on any atom is 0.289 e. The van der Waals surface area contributed by atoms with Gasteiger partial charge in [0.05, 0.1) is 5.69 Å². The van der Waals surface area contributed by atoms with Crippen LogP contribution in [0.3, 0.4) is 0 Å². The normalized spacial score (nSPS) is 15.0. The number of aromatic nitrogens is 1. The lowest BCUT2D eigenvalue weighted by molar-refractivity contribution is -0.116. The van der Waals surface area contributed by atoms with Gasteiger partial charge in [-0.3, -0.25) is 14.5 Å². The summed E-state index contributed by atoms with van der Waals surface area (Å²) in [6, 6.07) is 3.20. The lowest BCUT2D eigenvalue weighted by atomic mass is 10.1. The fraction of sp³-hybridized carbons (Fsp3) is 0.471. The summed E-state index contributed by atoms with van der Waals surface area (Å²) in [6.07, 6.45) is 3.77. The lowest BCUT2D eigenvalue weighted by Crippen LogP contribution is -2.34. The largest absolute Gasteiger partial charge is 0.444 e. The molecule has 1 fully saturated rings. The molecule has 3 rings (SSSR count). The van der Waals surface area contributed by atoms with E-state index < -0.39 is 0 Å². The van der Waals surface area contributed by atoms with E-state index in [0.717, 1.165) is 25.3 Å². The van der Waals surface area contributed by atoms with Crippen molar-refractivity contribution >= 4 is 44.2 Å². The summed E-state index contributed by atoms with van der Waals surface area (Å²) in [5, 5.41) is 5.29. The van der Waals surface area contributed by atoms with Gasteiger partial charge in [-0.2, -0.15) is 0 Å². The predicted octanol–water partition coefficient (Wildman–Crippen LogP) is 3.20. The third kappa shape index (κ3) is 5.15. The topological polar surface area (TPSA) is 78.7 Å². The number of nitrogens with zero attached hydrogens (tertiary/aromatic N) is 3. The fourth-order valence-electron chi connectivity index (χ4n) is 2.85. The summed E-state index contributed by atoms with van der Waals surface area (Å²) in [5.74, 6) is -0.452. The molecule has 0 saturated carbocycles. The number of hydrogen-bond donors (Lipinski definition) is 1. The van der Waals surface area contributed by atoms with Gasteiger partial charge in [0.1, 0.15) is 6.54 Å². The van der Waals surface area contributed by atoms with Crippen LogP contribution in [0.25, 0.3) is 0 Å². The number of halogens is 1. The molecule has 2 aromatic rings. The monoisotopic (exact) mass is 440 g/mol. The molecular weight excluding hydrogens is 420 g/mol. The van der Waals surface area contributed by atoms with Gasteiger partial charge in [-0.25, -0.2) is 4.98 Å². The number of piperidine rings is 1. The molecule has 140 valence electrons. The zero-order valence-electron chi connectivity index (χ0n) is 14.5. The van der Waals surface area contributed by atoms with Gasteiger partial charge in [-0.05, 0) is 54.0 Å². The zero-order valence-corrected chi connectivity index (χ0v) is 16.9. The van der Waals surface area contributed by atoms with Crippen LogP contribution in [0.15, 0.2) is 26.6 Å². The molecule has 26 heavy (non-hydrogen) atoms. The Labute approximate surface area is 164 Å². The quantitative estimate of drug-likeness (QED) is 0.745. The number of carbonyl (C=O) groups is 2. The van der Waals surface area contributed by atoms with Gasteiger partial charge >= 0.3 is 0 Å². The molecule has 0 bridgehead atoms. The Morgan fingerprint density at radius 1 is 1.35 bits per heavy atom. The molecule has 1 aliphatic rings. The number of likely N-dealkylation sites (tertiary alicyclic amines) is 1. The third-order valence-corrected chi connectivity index (χ3v) is 5.38. The highest BCUT2D eigenvalue weighted by Gasteiger charge is 2.19. The molecule has 1 saturated heterocycles. The SMILES string of the molecule is CN(CC(=O)Nc1nc(CN2CCCCC2)cs1)C(=O)c1ccc(Br)o1. The molecule has 0 aromatic carbocycles. The number of amides is 2. The molecule has 0 radical (unpaired) electrons. The van der Waals surface area contributed by atoms with Crippen molar-refractivity contribution in [2.45, 2.75) is 25.8 Å². The first-order valence-corrected chi connectivity index (χ1v) is 10.2. The van der Waals surface area contributed by atoms with E-state index >= 15 is 0 Å². The molecule has 2 amide bonds. The molecule has 0 spiro atoms. The summed E-state index contributed by atoms with van der Waals surface area (Å²) in [7, 11) is 1.56. The zero-order chi connectivity index (χ0) is 18.5. The fourth-order valence-corrected chi connectivity index (χ4v) is 3.87. The molecule has 9 heteroatoms. The minimum atomic E-state index is -0.351. The minimum absolute atomic E-state index is 0.0712. The Morgan fingerprint density at radius 2 is 2.12 bits per heavy atom. The second-order valence-corrected chi connectivity index (χ2v) is 7.93. The van der Waals surface area contributed by atoms with Crippen molar-refractivity contribution in [3.05, 3.63) is 33.6 Å². The van der Waals surface area contributed by atoms with Gasteiger partial charge < -0.3 is 14.6 Å². The predicted molar refractivity (Wildman–Crippen MR) is 103 cm³/mol. The second kappa shape index (κ2) is 8.79. The van der Waals surface area contributed by atoms with Crippen LogP contribution < -0.4 is 5.32 Å². The van der Waals surface area contributed by atoms with Crippen molar-refractivity contribution < 1.29 is 14.0 Å². The van der Waals surface area contributed by atoms with Crippen LogP contribution >= 0.6 is 27.3 Å². The van der Waals surface area contributed by atoms with E-state index in [0.29, 0.717) is 9.80 Å². The van der Waals surface area contributed by atoms with E-state index in [1.54, 1.807) is 19.2 Å². The van der Waals surface area contributed by atoms with Crippen LogP contribution in [-0.2, 0) is 11.3 Å². The molecular formula is C17H21BrN4O3S.